The van der Waals surface area contributed by atoms with Gasteiger partial charge in [0.2, 0.25) is 0 Å². The lowest BCUT2D eigenvalue weighted by Gasteiger charge is -2.26. The molecule has 2 atom stereocenters. The van der Waals surface area contributed by atoms with Gasteiger partial charge in [-0.3, -0.25) is 5.10 Å². The standard InChI is InChI=1S/C10H17N3O2S/c1-8(10-4-5-11-13-10)12-9-3-2-6-16(14,15)7-9/h4-5,8-9,12H,2-3,6-7H2,1H3,(H,11,13). The normalized spacial score (nSPS) is 26.4. The average molecular weight is 243 g/mol. The Morgan fingerprint density at radius 1 is 1.62 bits per heavy atom. The molecule has 0 aliphatic carbocycles. The van der Waals surface area contributed by atoms with E-state index in [9.17, 15) is 8.42 Å². The zero-order chi connectivity index (χ0) is 11.6. The van der Waals surface area contributed by atoms with Crippen LogP contribution in [0.1, 0.15) is 31.5 Å². The van der Waals surface area contributed by atoms with Crippen molar-refractivity contribution >= 4 is 9.84 Å². The molecule has 1 saturated heterocycles. The summed E-state index contributed by atoms with van der Waals surface area (Å²) in [6, 6.07) is 2.08. The SMILES string of the molecule is CC(NC1CCCS(=O)(=O)C1)c1ccn[nH]1. The van der Waals surface area contributed by atoms with E-state index >= 15 is 0 Å². The van der Waals surface area contributed by atoms with Crippen LogP contribution in [0.15, 0.2) is 12.3 Å². The second-order valence-corrected chi connectivity index (χ2v) is 6.58. The summed E-state index contributed by atoms with van der Waals surface area (Å²) in [5, 5.41) is 10.1. The summed E-state index contributed by atoms with van der Waals surface area (Å²) in [5.41, 5.74) is 0.989. The molecule has 16 heavy (non-hydrogen) atoms. The molecule has 1 aliphatic rings. The summed E-state index contributed by atoms with van der Waals surface area (Å²) in [6.45, 7) is 2.01. The first-order valence-electron chi connectivity index (χ1n) is 5.52. The van der Waals surface area contributed by atoms with E-state index < -0.39 is 9.84 Å². The van der Waals surface area contributed by atoms with Gasteiger partial charge in [-0.05, 0) is 25.8 Å². The van der Waals surface area contributed by atoms with Gasteiger partial charge in [-0.2, -0.15) is 5.10 Å². The van der Waals surface area contributed by atoms with Crippen molar-refractivity contribution < 1.29 is 8.42 Å². The summed E-state index contributed by atoms with van der Waals surface area (Å²) in [7, 11) is -2.83. The Morgan fingerprint density at radius 2 is 2.44 bits per heavy atom. The highest BCUT2D eigenvalue weighted by atomic mass is 32.2. The summed E-state index contributed by atoms with van der Waals surface area (Å²) >= 11 is 0. The first kappa shape index (κ1) is 11.6. The molecule has 90 valence electrons. The number of hydrogen-bond acceptors (Lipinski definition) is 4. The quantitative estimate of drug-likeness (QED) is 0.817. The van der Waals surface area contributed by atoms with Crippen LogP contribution in [-0.4, -0.2) is 36.2 Å². The molecule has 6 heteroatoms. The zero-order valence-electron chi connectivity index (χ0n) is 9.31. The fraction of sp³-hybridized carbons (Fsp3) is 0.700. The molecule has 2 unspecified atom stereocenters. The summed E-state index contributed by atoms with van der Waals surface area (Å²) in [4.78, 5) is 0. The lowest BCUT2D eigenvalue weighted by atomic mass is 10.1. The van der Waals surface area contributed by atoms with Crippen LogP contribution in [0.2, 0.25) is 0 Å². The van der Waals surface area contributed by atoms with Gasteiger partial charge in [0.05, 0.1) is 17.2 Å². The molecule has 2 rings (SSSR count). The molecule has 2 heterocycles. The van der Waals surface area contributed by atoms with Crippen molar-refractivity contribution in [2.75, 3.05) is 11.5 Å². The Bertz CT molecular complexity index is 427. The van der Waals surface area contributed by atoms with Crippen LogP contribution in [-0.2, 0) is 9.84 Å². The van der Waals surface area contributed by atoms with Gasteiger partial charge in [0.15, 0.2) is 9.84 Å². The maximum absolute atomic E-state index is 11.5. The van der Waals surface area contributed by atoms with Gasteiger partial charge in [0.25, 0.3) is 0 Å². The summed E-state index contributed by atoms with van der Waals surface area (Å²) in [5.74, 6) is 0.592. The van der Waals surface area contributed by atoms with Gasteiger partial charge in [0.1, 0.15) is 0 Å². The van der Waals surface area contributed by atoms with Crippen LogP contribution >= 0.6 is 0 Å². The van der Waals surface area contributed by atoms with Crippen molar-refractivity contribution in [3.63, 3.8) is 0 Å². The monoisotopic (exact) mass is 243 g/mol. The molecule has 0 bridgehead atoms. The minimum Gasteiger partial charge on any atom is -0.305 e. The van der Waals surface area contributed by atoms with E-state index in [4.69, 9.17) is 0 Å². The van der Waals surface area contributed by atoms with E-state index in [2.05, 4.69) is 15.5 Å². The van der Waals surface area contributed by atoms with E-state index in [0.717, 1.165) is 18.5 Å². The molecular weight excluding hydrogens is 226 g/mol. The van der Waals surface area contributed by atoms with Crippen LogP contribution in [0.3, 0.4) is 0 Å². The van der Waals surface area contributed by atoms with Gasteiger partial charge in [0, 0.05) is 18.3 Å². The first-order valence-corrected chi connectivity index (χ1v) is 7.35. The maximum Gasteiger partial charge on any atom is 0.151 e. The fourth-order valence-corrected chi connectivity index (χ4v) is 3.75. The molecular formula is C10H17N3O2S. The van der Waals surface area contributed by atoms with Gasteiger partial charge >= 0.3 is 0 Å². The number of rotatable bonds is 3. The third kappa shape index (κ3) is 2.82. The number of sulfone groups is 1. The predicted octanol–water partition coefficient (Wildman–Crippen LogP) is 0.637. The van der Waals surface area contributed by atoms with E-state index in [1.807, 2.05) is 13.0 Å². The lowest BCUT2D eigenvalue weighted by Crippen LogP contribution is -2.41. The van der Waals surface area contributed by atoms with Gasteiger partial charge in [-0.25, -0.2) is 8.42 Å². The van der Waals surface area contributed by atoms with Crippen LogP contribution in [0, 0.1) is 0 Å². The van der Waals surface area contributed by atoms with Crippen LogP contribution < -0.4 is 5.32 Å². The summed E-state index contributed by atoms with van der Waals surface area (Å²) in [6.07, 6.45) is 3.39. The number of nitrogens with one attached hydrogen (secondary N) is 2. The Balaban J connectivity index is 1.95. The molecule has 0 spiro atoms. The Labute approximate surface area is 95.6 Å². The Hall–Kier alpha value is -0.880. The van der Waals surface area contributed by atoms with E-state index in [1.54, 1.807) is 6.20 Å². The Morgan fingerprint density at radius 3 is 3.06 bits per heavy atom. The van der Waals surface area contributed by atoms with Crippen molar-refractivity contribution in [3.05, 3.63) is 18.0 Å². The van der Waals surface area contributed by atoms with Crippen LogP contribution in [0.4, 0.5) is 0 Å². The number of aromatic nitrogens is 2. The third-order valence-electron chi connectivity index (χ3n) is 2.94. The molecule has 0 aromatic carbocycles. The largest absolute Gasteiger partial charge is 0.305 e. The maximum atomic E-state index is 11.5. The van der Waals surface area contributed by atoms with E-state index in [-0.39, 0.29) is 17.8 Å². The average Bonchev–Trinajstić information content (AvgIpc) is 2.68. The number of nitrogens with zero attached hydrogens (tertiary/aromatic N) is 1. The van der Waals surface area contributed by atoms with Crippen molar-refractivity contribution in [3.8, 4) is 0 Å². The highest BCUT2D eigenvalue weighted by Gasteiger charge is 2.25. The second-order valence-electron chi connectivity index (χ2n) is 4.35. The summed E-state index contributed by atoms with van der Waals surface area (Å²) < 4.78 is 22.9. The molecule has 1 aromatic rings. The fourth-order valence-electron chi connectivity index (χ4n) is 2.11. The van der Waals surface area contributed by atoms with Crippen LogP contribution in [0.25, 0.3) is 0 Å². The topological polar surface area (TPSA) is 74.8 Å². The molecule has 0 radical (unpaired) electrons. The Kier molecular flexibility index (Phi) is 3.30. The predicted molar refractivity (Wildman–Crippen MR) is 61.8 cm³/mol. The van der Waals surface area contributed by atoms with Crippen molar-refractivity contribution in [1.82, 2.24) is 15.5 Å². The van der Waals surface area contributed by atoms with Gasteiger partial charge in [-0.1, -0.05) is 0 Å². The minimum absolute atomic E-state index is 0.0667. The highest BCUT2D eigenvalue weighted by Crippen LogP contribution is 2.16. The number of aromatic amines is 1. The smallest absolute Gasteiger partial charge is 0.151 e. The second kappa shape index (κ2) is 4.55. The molecule has 0 saturated carbocycles. The molecule has 5 nitrogen and oxygen atoms in total. The third-order valence-corrected chi connectivity index (χ3v) is 4.76. The van der Waals surface area contributed by atoms with Crippen molar-refractivity contribution in [2.24, 2.45) is 0 Å². The van der Waals surface area contributed by atoms with E-state index in [0.29, 0.717) is 5.75 Å². The first-order chi connectivity index (χ1) is 7.57. The molecule has 2 N–H and O–H groups in total. The van der Waals surface area contributed by atoms with E-state index in [1.165, 1.54) is 0 Å². The zero-order valence-corrected chi connectivity index (χ0v) is 10.1. The highest BCUT2D eigenvalue weighted by molar-refractivity contribution is 7.91. The van der Waals surface area contributed by atoms with Crippen molar-refractivity contribution in [2.45, 2.75) is 31.8 Å². The molecule has 1 fully saturated rings. The molecule has 0 amide bonds. The lowest BCUT2D eigenvalue weighted by molar-refractivity contribution is 0.432. The number of hydrogen-bond donors (Lipinski definition) is 2. The van der Waals surface area contributed by atoms with Crippen LogP contribution in [0.5, 0.6) is 0 Å². The minimum atomic E-state index is -2.83. The molecule has 1 aromatic heterocycles. The number of H-pyrrole nitrogens is 1. The molecule has 1 aliphatic heterocycles. The van der Waals surface area contributed by atoms with Crippen molar-refractivity contribution in [1.29, 1.82) is 0 Å². The van der Waals surface area contributed by atoms with Gasteiger partial charge in [-0.15, -0.1) is 0 Å². The van der Waals surface area contributed by atoms with Gasteiger partial charge < -0.3 is 5.32 Å².